The van der Waals surface area contributed by atoms with Crippen LogP contribution in [-0.2, 0) is 6.42 Å². The minimum atomic E-state index is -0.173. The molecule has 13 heavy (non-hydrogen) atoms. The first-order chi connectivity index (χ1) is 6.26. The maximum Gasteiger partial charge on any atom is 0.118 e. The highest BCUT2D eigenvalue weighted by molar-refractivity contribution is 5.27. The normalized spacial score (nSPS) is 12.5. The predicted octanol–water partition coefficient (Wildman–Crippen LogP) is 0.557. The van der Waals surface area contributed by atoms with E-state index in [4.69, 9.17) is 15.6 Å². The van der Waals surface area contributed by atoms with Crippen LogP contribution in [0.4, 0.5) is 0 Å². The summed E-state index contributed by atoms with van der Waals surface area (Å²) in [4.78, 5) is 0. The quantitative estimate of drug-likeness (QED) is 0.713. The van der Waals surface area contributed by atoms with Crippen LogP contribution >= 0.6 is 0 Å². The molecule has 3 nitrogen and oxygen atoms in total. The highest BCUT2D eigenvalue weighted by Gasteiger charge is 2.01. The summed E-state index contributed by atoms with van der Waals surface area (Å²) in [6.07, 6.45) is 0.695. The highest BCUT2D eigenvalue weighted by Crippen LogP contribution is 2.11. The van der Waals surface area contributed by atoms with Crippen molar-refractivity contribution >= 4 is 0 Å². The number of nitrogens with two attached hydrogens (primary N) is 1. The van der Waals surface area contributed by atoms with Crippen molar-refractivity contribution in [1.82, 2.24) is 0 Å². The Labute approximate surface area is 78.1 Å². The van der Waals surface area contributed by atoms with E-state index in [2.05, 4.69) is 0 Å². The van der Waals surface area contributed by atoms with E-state index in [1.165, 1.54) is 0 Å². The van der Waals surface area contributed by atoms with E-state index in [-0.39, 0.29) is 12.6 Å². The summed E-state index contributed by atoms with van der Waals surface area (Å²) in [5.41, 5.74) is 6.71. The van der Waals surface area contributed by atoms with Crippen LogP contribution in [0.3, 0.4) is 0 Å². The first-order valence-electron chi connectivity index (χ1n) is 4.25. The molecular formula is C10H15NO2. The Morgan fingerprint density at radius 3 is 2.46 bits per heavy atom. The third kappa shape index (κ3) is 3.05. The number of aliphatic hydroxyl groups is 1. The van der Waals surface area contributed by atoms with Crippen LogP contribution in [0.1, 0.15) is 5.56 Å². The second-order valence-electron chi connectivity index (χ2n) is 2.99. The smallest absolute Gasteiger partial charge is 0.118 e. The highest BCUT2D eigenvalue weighted by atomic mass is 16.5. The fourth-order valence-corrected chi connectivity index (χ4v) is 1.13. The van der Waals surface area contributed by atoms with Gasteiger partial charge in [0.1, 0.15) is 5.75 Å². The van der Waals surface area contributed by atoms with Gasteiger partial charge in [0.2, 0.25) is 0 Å². The lowest BCUT2D eigenvalue weighted by Gasteiger charge is -2.08. The van der Waals surface area contributed by atoms with Gasteiger partial charge < -0.3 is 15.6 Å². The fraction of sp³-hybridized carbons (Fsp3) is 0.400. The molecule has 0 heterocycles. The van der Waals surface area contributed by atoms with Crippen molar-refractivity contribution in [2.45, 2.75) is 12.5 Å². The largest absolute Gasteiger partial charge is 0.497 e. The first kappa shape index (κ1) is 10.0. The van der Waals surface area contributed by atoms with Crippen LogP contribution in [0, 0.1) is 0 Å². The van der Waals surface area contributed by atoms with Gasteiger partial charge in [0.15, 0.2) is 0 Å². The van der Waals surface area contributed by atoms with Gasteiger partial charge in [0, 0.05) is 6.04 Å². The molecule has 3 heteroatoms. The molecule has 0 radical (unpaired) electrons. The average Bonchev–Trinajstić information content (AvgIpc) is 2.19. The molecule has 0 aliphatic carbocycles. The zero-order valence-electron chi connectivity index (χ0n) is 7.73. The molecule has 0 saturated heterocycles. The zero-order valence-corrected chi connectivity index (χ0v) is 7.73. The van der Waals surface area contributed by atoms with Gasteiger partial charge >= 0.3 is 0 Å². The molecule has 0 bridgehead atoms. The number of rotatable bonds is 4. The minimum absolute atomic E-state index is 0.0199. The Morgan fingerprint density at radius 1 is 1.38 bits per heavy atom. The monoisotopic (exact) mass is 181 g/mol. The lowest BCUT2D eigenvalue weighted by Crippen LogP contribution is -2.26. The van der Waals surface area contributed by atoms with Gasteiger partial charge in [-0.3, -0.25) is 0 Å². The lowest BCUT2D eigenvalue weighted by atomic mass is 10.1. The SMILES string of the molecule is COc1ccc(C[C@@H](N)CO)cc1. The molecule has 1 atom stereocenters. The molecular weight excluding hydrogens is 166 g/mol. The third-order valence-corrected chi connectivity index (χ3v) is 1.89. The van der Waals surface area contributed by atoms with Gasteiger partial charge in [-0.25, -0.2) is 0 Å². The van der Waals surface area contributed by atoms with Crippen LogP contribution in [-0.4, -0.2) is 24.9 Å². The summed E-state index contributed by atoms with van der Waals surface area (Å²) in [7, 11) is 1.63. The van der Waals surface area contributed by atoms with E-state index < -0.39 is 0 Å². The van der Waals surface area contributed by atoms with Crippen molar-refractivity contribution in [3.63, 3.8) is 0 Å². The van der Waals surface area contributed by atoms with E-state index in [0.717, 1.165) is 11.3 Å². The molecule has 0 aromatic heterocycles. The number of benzene rings is 1. The van der Waals surface area contributed by atoms with E-state index in [9.17, 15) is 0 Å². The van der Waals surface area contributed by atoms with Gasteiger partial charge in [-0.15, -0.1) is 0 Å². The van der Waals surface area contributed by atoms with Crippen molar-refractivity contribution in [3.05, 3.63) is 29.8 Å². The van der Waals surface area contributed by atoms with Crippen LogP contribution in [0.5, 0.6) is 5.75 Å². The number of hydrogen-bond donors (Lipinski definition) is 2. The molecule has 0 saturated carbocycles. The van der Waals surface area contributed by atoms with E-state index in [1.54, 1.807) is 7.11 Å². The van der Waals surface area contributed by atoms with Crippen LogP contribution < -0.4 is 10.5 Å². The van der Waals surface area contributed by atoms with Gasteiger partial charge in [-0.1, -0.05) is 12.1 Å². The third-order valence-electron chi connectivity index (χ3n) is 1.89. The molecule has 72 valence electrons. The second-order valence-corrected chi connectivity index (χ2v) is 2.99. The van der Waals surface area contributed by atoms with E-state index >= 15 is 0 Å². The molecule has 0 amide bonds. The van der Waals surface area contributed by atoms with Crippen molar-refractivity contribution in [2.24, 2.45) is 5.73 Å². The van der Waals surface area contributed by atoms with Gasteiger partial charge in [-0.2, -0.15) is 0 Å². The summed E-state index contributed by atoms with van der Waals surface area (Å²) in [5.74, 6) is 0.835. The van der Waals surface area contributed by atoms with E-state index in [1.807, 2.05) is 24.3 Å². The Kier molecular flexibility index (Phi) is 3.73. The minimum Gasteiger partial charge on any atom is -0.497 e. The maximum atomic E-state index is 8.75. The molecule has 0 aliphatic heterocycles. The average molecular weight is 181 g/mol. The van der Waals surface area contributed by atoms with Gasteiger partial charge in [-0.05, 0) is 24.1 Å². The standard InChI is InChI=1S/C10H15NO2/c1-13-10-4-2-8(3-5-10)6-9(11)7-12/h2-5,9,12H,6-7,11H2,1H3/t9-/m1/s1. The lowest BCUT2D eigenvalue weighted by molar-refractivity contribution is 0.265. The van der Waals surface area contributed by atoms with E-state index in [0.29, 0.717) is 6.42 Å². The number of methoxy groups -OCH3 is 1. The zero-order chi connectivity index (χ0) is 9.68. The molecule has 3 N–H and O–H groups in total. The summed E-state index contributed by atoms with van der Waals surface area (Å²) in [5, 5.41) is 8.75. The molecule has 1 aromatic carbocycles. The molecule has 0 fully saturated rings. The summed E-state index contributed by atoms with van der Waals surface area (Å²) in [6, 6.07) is 7.51. The van der Waals surface area contributed by atoms with Crippen LogP contribution in [0.15, 0.2) is 24.3 Å². The summed E-state index contributed by atoms with van der Waals surface area (Å²) < 4.78 is 5.02. The van der Waals surface area contributed by atoms with Gasteiger partial charge in [0.05, 0.1) is 13.7 Å². The van der Waals surface area contributed by atoms with Crippen LogP contribution in [0.25, 0.3) is 0 Å². The number of hydrogen-bond acceptors (Lipinski definition) is 3. The van der Waals surface area contributed by atoms with Crippen molar-refractivity contribution in [3.8, 4) is 5.75 Å². The molecule has 0 aliphatic rings. The molecule has 0 spiro atoms. The predicted molar refractivity (Wildman–Crippen MR) is 51.8 cm³/mol. The van der Waals surface area contributed by atoms with Gasteiger partial charge in [0.25, 0.3) is 0 Å². The second kappa shape index (κ2) is 4.84. The Balaban J connectivity index is 2.58. The number of aliphatic hydroxyl groups excluding tert-OH is 1. The maximum absolute atomic E-state index is 8.75. The van der Waals surface area contributed by atoms with Crippen molar-refractivity contribution < 1.29 is 9.84 Å². The Bertz CT molecular complexity index is 246. The summed E-state index contributed by atoms with van der Waals surface area (Å²) >= 11 is 0. The Hall–Kier alpha value is -1.06. The molecule has 0 unspecified atom stereocenters. The van der Waals surface area contributed by atoms with Crippen molar-refractivity contribution in [1.29, 1.82) is 0 Å². The fourth-order valence-electron chi connectivity index (χ4n) is 1.13. The first-order valence-corrected chi connectivity index (χ1v) is 4.25. The molecule has 1 aromatic rings. The Morgan fingerprint density at radius 2 is 2.00 bits per heavy atom. The van der Waals surface area contributed by atoms with Crippen LogP contribution in [0.2, 0.25) is 0 Å². The van der Waals surface area contributed by atoms with Crippen molar-refractivity contribution in [2.75, 3.05) is 13.7 Å². The summed E-state index contributed by atoms with van der Waals surface area (Å²) in [6.45, 7) is 0.0199. The number of ether oxygens (including phenoxy) is 1. The topological polar surface area (TPSA) is 55.5 Å². The molecule has 1 rings (SSSR count).